The molecule has 0 N–H and O–H groups in total. The second-order valence-corrected chi connectivity index (χ2v) is 5.00. The van der Waals surface area contributed by atoms with E-state index in [4.69, 9.17) is 11.6 Å². The molecule has 0 aliphatic heterocycles. The van der Waals surface area contributed by atoms with Gasteiger partial charge in [0.15, 0.2) is 0 Å². The quantitative estimate of drug-likeness (QED) is 0.667. The molecule has 2 aromatic rings. The van der Waals surface area contributed by atoms with Crippen LogP contribution in [0, 0.1) is 13.0 Å². The van der Waals surface area contributed by atoms with Gasteiger partial charge in [0, 0.05) is 10.6 Å². The first kappa shape index (κ1) is 14.9. The summed E-state index contributed by atoms with van der Waals surface area (Å²) in [6, 6.07) is 10.2. The summed E-state index contributed by atoms with van der Waals surface area (Å²) in [6.45, 7) is 3.71. The molecule has 1 radical (unpaired) electrons. The van der Waals surface area contributed by atoms with Crippen molar-refractivity contribution in [1.82, 2.24) is 0 Å². The Kier molecular flexibility index (Phi) is 4.09. The first-order valence-corrected chi connectivity index (χ1v) is 6.59. The highest BCUT2D eigenvalue weighted by Gasteiger charge is 2.31. The molecule has 0 bridgehead atoms. The van der Waals surface area contributed by atoms with Crippen LogP contribution in [0.2, 0.25) is 5.02 Å². The third-order valence-corrected chi connectivity index (χ3v) is 3.53. The number of hydrogen-bond acceptors (Lipinski definition) is 0. The van der Waals surface area contributed by atoms with Crippen LogP contribution in [-0.4, -0.2) is 0 Å². The number of rotatable bonds is 2. The Balaban J connectivity index is 2.63. The summed E-state index contributed by atoms with van der Waals surface area (Å²) in [5, 5.41) is 0.443. The lowest BCUT2D eigenvalue weighted by molar-refractivity contribution is -0.137. The van der Waals surface area contributed by atoms with Crippen molar-refractivity contribution in [2.24, 2.45) is 0 Å². The van der Waals surface area contributed by atoms with Crippen molar-refractivity contribution in [3.8, 4) is 11.1 Å². The molecule has 0 heterocycles. The molecular formula is C16H13ClF3. The van der Waals surface area contributed by atoms with Gasteiger partial charge in [-0.05, 0) is 60.4 Å². The lowest BCUT2D eigenvalue weighted by Crippen LogP contribution is -2.05. The Morgan fingerprint density at radius 1 is 1.15 bits per heavy atom. The van der Waals surface area contributed by atoms with Gasteiger partial charge in [-0.1, -0.05) is 24.6 Å². The van der Waals surface area contributed by atoms with Crippen molar-refractivity contribution in [1.29, 1.82) is 0 Å². The number of halogens is 4. The van der Waals surface area contributed by atoms with Gasteiger partial charge in [0.1, 0.15) is 0 Å². The fourth-order valence-corrected chi connectivity index (χ4v) is 2.23. The van der Waals surface area contributed by atoms with Gasteiger partial charge in [-0.3, -0.25) is 0 Å². The zero-order valence-electron chi connectivity index (χ0n) is 11.1. The van der Waals surface area contributed by atoms with Crippen LogP contribution in [-0.2, 0) is 12.6 Å². The summed E-state index contributed by atoms with van der Waals surface area (Å²) < 4.78 is 38.4. The molecule has 0 spiro atoms. The van der Waals surface area contributed by atoms with E-state index in [2.05, 4.69) is 6.07 Å². The maximum Gasteiger partial charge on any atom is 0.416 e. The largest absolute Gasteiger partial charge is 0.416 e. The first-order valence-electron chi connectivity index (χ1n) is 6.21. The molecule has 0 aromatic heterocycles. The van der Waals surface area contributed by atoms with Gasteiger partial charge in [-0.25, -0.2) is 0 Å². The molecule has 0 fully saturated rings. The van der Waals surface area contributed by atoms with Gasteiger partial charge in [-0.15, -0.1) is 0 Å². The Labute approximate surface area is 121 Å². The van der Waals surface area contributed by atoms with Crippen LogP contribution in [0.4, 0.5) is 13.2 Å². The SMILES string of the molecule is CCc1ccc(Cl)c(-c2cc(C(F)(F)F)c[c]c2C)c1. The van der Waals surface area contributed by atoms with Crippen LogP contribution in [0.25, 0.3) is 11.1 Å². The third-order valence-electron chi connectivity index (χ3n) is 3.20. The van der Waals surface area contributed by atoms with Crippen molar-refractivity contribution in [3.05, 3.63) is 58.1 Å². The summed E-state index contributed by atoms with van der Waals surface area (Å²) >= 11 is 6.13. The third kappa shape index (κ3) is 2.98. The normalized spacial score (nSPS) is 11.7. The highest BCUT2D eigenvalue weighted by atomic mass is 35.5. The molecule has 20 heavy (non-hydrogen) atoms. The van der Waals surface area contributed by atoms with E-state index in [1.54, 1.807) is 13.0 Å². The highest BCUT2D eigenvalue weighted by molar-refractivity contribution is 6.33. The van der Waals surface area contributed by atoms with E-state index in [1.165, 1.54) is 0 Å². The fraction of sp³-hybridized carbons (Fsp3) is 0.250. The lowest BCUT2D eigenvalue weighted by Gasteiger charge is -2.13. The van der Waals surface area contributed by atoms with Crippen molar-refractivity contribution < 1.29 is 13.2 Å². The summed E-state index contributed by atoms with van der Waals surface area (Å²) in [7, 11) is 0. The molecule has 2 aromatic carbocycles. The Bertz CT molecular complexity index is 630. The van der Waals surface area contributed by atoms with Gasteiger partial charge in [0.25, 0.3) is 0 Å². The maximum absolute atomic E-state index is 12.8. The molecular weight excluding hydrogens is 285 g/mol. The minimum atomic E-state index is -4.38. The zero-order chi connectivity index (χ0) is 14.9. The van der Waals surface area contributed by atoms with Gasteiger partial charge in [0.2, 0.25) is 0 Å². The van der Waals surface area contributed by atoms with Crippen molar-refractivity contribution in [3.63, 3.8) is 0 Å². The smallest absolute Gasteiger partial charge is 0.166 e. The Morgan fingerprint density at radius 2 is 1.85 bits per heavy atom. The summed E-state index contributed by atoms with van der Waals surface area (Å²) in [5.41, 5.74) is 2.05. The zero-order valence-corrected chi connectivity index (χ0v) is 11.9. The monoisotopic (exact) mass is 297 g/mol. The molecule has 0 saturated heterocycles. The van der Waals surface area contributed by atoms with E-state index < -0.39 is 11.7 Å². The molecule has 2 rings (SSSR count). The predicted molar refractivity (Wildman–Crippen MR) is 74.8 cm³/mol. The van der Waals surface area contributed by atoms with Crippen LogP contribution in [0.3, 0.4) is 0 Å². The van der Waals surface area contributed by atoms with Gasteiger partial charge >= 0.3 is 6.18 Å². The lowest BCUT2D eigenvalue weighted by atomic mass is 9.96. The maximum atomic E-state index is 12.8. The van der Waals surface area contributed by atoms with E-state index in [9.17, 15) is 13.2 Å². The van der Waals surface area contributed by atoms with Gasteiger partial charge in [0.05, 0.1) is 5.56 Å². The number of benzene rings is 2. The highest BCUT2D eigenvalue weighted by Crippen LogP contribution is 2.36. The number of alkyl halides is 3. The standard InChI is InChI=1S/C16H13ClF3/c1-3-11-5-7-15(17)14(8-11)13-9-12(16(18,19)20)6-4-10(13)2/h5-9H,3H2,1-2H3. The van der Waals surface area contributed by atoms with Crippen molar-refractivity contribution in [2.45, 2.75) is 26.4 Å². The van der Waals surface area contributed by atoms with E-state index in [0.29, 0.717) is 21.7 Å². The number of hydrogen-bond donors (Lipinski definition) is 0. The van der Waals surface area contributed by atoms with Gasteiger partial charge < -0.3 is 0 Å². The topological polar surface area (TPSA) is 0 Å². The fourth-order valence-electron chi connectivity index (χ4n) is 2.01. The first-order chi connectivity index (χ1) is 9.32. The molecule has 105 valence electrons. The van der Waals surface area contributed by atoms with Crippen LogP contribution < -0.4 is 0 Å². The molecule has 0 saturated carbocycles. The minimum Gasteiger partial charge on any atom is -0.166 e. The minimum absolute atomic E-state index is 0.443. The Morgan fingerprint density at radius 3 is 2.45 bits per heavy atom. The van der Waals surface area contributed by atoms with Crippen LogP contribution >= 0.6 is 11.6 Å². The average molecular weight is 298 g/mol. The molecule has 0 atom stereocenters. The van der Waals surface area contributed by atoms with Gasteiger partial charge in [-0.2, -0.15) is 13.2 Å². The second kappa shape index (κ2) is 5.49. The van der Waals surface area contributed by atoms with E-state index >= 15 is 0 Å². The molecule has 0 unspecified atom stereocenters. The van der Waals surface area contributed by atoms with Crippen molar-refractivity contribution >= 4 is 11.6 Å². The summed E-state index contributed by atoms with van der Waals surface area (Å²) in [5.74, 6) is 0. The molecule has 0 amide bonds. The Hall–Kier alpha value is -1.48. The molecule has 4 heteroatoms. The predicted octanol–water partition coefficient (Wildman–Crippen LogP) is 5.70. The summed E-state index contributed by atoms with van der Waals surface area (Å²) in [6.07, 6.45) is -3.58. The second-order valence-electron chi connectivity index (χ2n) is 4.59. The van der Waals surface area contributed by atoms with Crippen molar-refractivity contribution in [2.75, 3.05) is 0 Å². The number of aryl methyl sites for hydroxylation is 2. The van der Waals surface area contributed by atoms with Crippen LogP contribution in [0.5, 0.6) is 0 Å². The van der Waals surface area contributed by atoms with E-state index in [1.807, 2.05) is 19.1 Å². The van der Waals surface area contributed by atoms with E-state index in [-0.39, 0.29) is 0 Å². The summed E-state index contributed by atoms with van der Waals surface area (Å²) in [4.78, 5) is 0. The van der Waals surface area contributed by atoms with E-state index in [0.717, 1.165) is 24.1 Å². The molecule has 0 nitrogen and oxygen atoms in total. The van der Waals surface area contributed by atoms with Crippen LogP contribution in [0.15, 0.2) is 30.3 Å². The molecule has 0 aliphatic rings. The average Bonchev–Trinajstić information content (AvgIpc) is 2.39. The van der Waals surface area contributed by atoms with Crippen LogP contribution in [0.1, 0.15) is 23.6 Å². The molecule has 0 aliphatic carbocycles.